The highest BCUT2D eigenvalue weighted by molar-refractivity contribution is 6.10. The van der Waals surface area contributed by atoms with Crippen molar-refractivity contribution in [1.82, 2.24) is 5.32 Å². The number of fused-ring (bicyclic) bond motifs is 1. The van der Waals surface area contributed by atoms with E-state index in [-0.39, 0.29) is 24.3 Å². The minimum absolute atomic E-state index is 0.106. The van der Waals surface area contributed by atoms with Crippen LogP contribution in [-0.4, -0.2) is 48.6 Å². The van der Waals surface area contributed by atoms with Crippen molar-refractivity contribution in [2.45, 2.75) is 84.4 Å². The molecule has 1 atom stereocenters. The molecule has 1 saturated carbocycles. The largest absolute Gasteiger partial charge is 0.444 e. The molecule has 2 aromatic carbocycles. The Balaban J connectivity index is 1.75. The van der Waals surface area contributed by atoms with Crippen molar-refractivity contribution in [2.75, 3.05) is 22.9 Å². The topological polar surface area (TPSA) is 79.0 Å². The van der Waals surface area contributed by atoms with Crippen molar-refractivity contribution >= 4 is 29.2 Å². The highest BCUT2D eigenvalue weighted by Gasteiger charge is 2.39. The lowest BCUT2D eigenvalue weighted by Crippen LogP contribution is -2.55. The summed E-state index contributed by atoms with van der Waals surface area (Å²) in [5.41, 5.74) is 3.41. The average molecular weight is 506 g/mol. The third-order valence-electron chi connectivity index (χ3n) is 7.13. The van der Waals surface area contributed by atoms with Crippen LogP contribution >= 0.6 is 0 Å². The number of aryl methyl sites for hydroxylation is 2. The Morgan fingerprint density at radius 3 is 2.38 bits per heavy atom. The quantitative estimate of drug-likeness (QED) is 0.538. The molecule has 0 aromatic heterocycles. The summed E-state index contributed by atoms with van der Waals surface area (Å²) in [5, 5.41) is 2.83. The second-order valence-electron chi connectivity index (χ2n) is 11.3. The third kappa shape index (κ3) is 6.32. The van der Waals surface area contributed by atoms with Crippen LogP contribution in [0.4, 0.5) is 16.2 Å². The molecule has 37 heavy (non-hydrogen) atoms. The van der Waals surface area contributed by atoms with Crippen LogP contribution in [0.3, 0.4) is 0 Å². The molecule has 0 spiro atoms. The Kier molecular flexibility index (Phi) is 7.90. The van der Waals surface area contributed by atoms with Crippen LogP contribution in [-0.2, 0) is 9.53 Å². The molecular weight excluding hydrogens is 466 g/mol. The first-order chi connectivity index (χ1) is 17.5. The van der Waals surface area contributed by atoms with Gasteiger partial charge >= 0.3 is 6.09 Å². The molecule has 1 heterocycles. The van der Waals surface area contributed by atoms with Crippen LogP contribution in [0.5, 0.6) is 0 Å². The third-order valence-corrected chi connectivity index (χ3v) is 7.13. The first-order valence-corrected chi connectivity index (χ1v) is 13.3. The van der Waals surface area contributed by atoms with Gasteiger partial charge in [0, 0.05) is 18.2 Å². The molecule has 0 saturated heterocycles. The van der Waals surface area contributed by atoms with E-state index >= 15 is 0 Å². The van der Waals surface area contributed by atoms with E-state index in [2.05, 4.69) is 10.2 Å². The standard InChI is InChI=1S/C30H39N3O4/c1-20-15-16-25-26(17-20)33(19-27(34)23-14-10-9-11-21(23)2)28(35)24(31-29(36)37-30(3,4)5)18-32(25)22-12-7-6-8-13-22/h9-11,14-17,22,24H,6-8,12-13,18-19H2,1-5H3,(H,31,36). The van der Waals surface area contributed by atoms with Gasteiger partial charge in [0.05, 0.1) is 17.9 Å². The van der Waals surface area contributed by atoms with Gasteiger partial charge in [0.1, 0.15) is 11.6 Å². The van der Waals surface area contributed by atoms with Gasteiger partial charge in [0.25, 0.3) is 5.91 Å². The summed E-state index contributed by atoms with van der Waals surface area (Å²) in [6, 6.07) is 12.9. The molecule has 2 amide bonds. The van der Waals surface area contributed by atoms with Crippen molar-refractivity contribution in [1.29, 1.82) is 0 Å². The summed E-state index contributed by atoms with van der Waals surface area (Å²) >= 11 is 0. The van der Waals surface area contributed by atoms with E-state index in [1.54, 1.807) is 31.7 Å². The molecule has 198 valence electrons. The second kappa shape index (κ2) is 11.0. The molecule has 0 bridgehead atoms. The molecule has 7 heteroatoms. The van der Waals surface area contributed by atoms with E-state index in [0.717, 1.165) is 42.5 Å². The Hall–Kier alpha value is -3.35. The number of ether oxygens (including phenoxy) is 1. The summed E-state index contributed by atoms with van der Waals surface area (Å²) in [7, 11) is 0. The zero-order valence-corrected chi connectivity index (χ0v) is 22.7. The van der Waals surface area contributed by atoms with Gasteiger partial charge in [0.2, 0.25) is 0 Å². The Labute approximate surface area is 220 Å². The molecule has 4 rings (SSSR count). The highest BCUT2D eigenvalue weighted by atomic mass is 16.6. The molecule has 0 radical (unpaired) electrons. The van der Waals surface area contributed by atoms with Crippen LogP contribution in [0.25, 0.3) is 0 Å². The minimum atomic E-state index is -0.853. The minimum Gasteiger partial charge on any atom is -0.444 e. The molecule has 1 N–H and O–H groups in total. The predicted molar refractivity (Wildman–Crippen MR) is 146 cm³/mol. The number of anilines is 2. The van der Waals surface area contributed by atoms with Crippen molar-refractivity contribution in [3.63, 3.8) is 0 Å². The van der Waals surface area contributed by atoms with Gasteiger partial charge in [-0.25, -0.2) is 4.79 Å². The molecule has 1 aliphatic heterocycles. The molecular formula is C30H39N3O4. The van der Waals surface area contributed by atoms with Gasteiger partial charge in [-0.2, -0.15) is 0 Å². The summed E-state index contributed by atoms with van der Waals surface area (Å²) in [5.74, 6) is -0.445. The van der Waals surface area contributed by atoms with Crippen molar-refractivity contribution < 1.29 is 19.1 Å². The number of nitrogens with zero attached hydrogens (tertiary/aromatic N) is 2. The fraction of sp³-hybridized carbons (Fsp3) is 0.500. The predicted octanol–water partition coefficient (Wildman–Crippen LogP) is 5.57. The van der Waals surface area contributed by atoms with Gasteiger partial charge in [-0.05, 0) is 70.7 Å². The lowest BCUT2D eigenvalue weighted by Gasteiger charge is -2.37. The summed E-state index contributed by atoms with van der Waals surface area (Å²) < 4.78 is 5.50. The number of amides is 2. The Morgan fingerprint density at radius 2 is 1.70 bits per heavy atom. The molecule has 2 aliphatic rings. The SMILES string of the molecule is Cc1ccc2c(c1)N(CC(=O)c1ccccc1C)C(=O)C(NC(=O)OC(C)(C)C)CN2C1CCCCC1. The van der Waals surface area contributed by atoms with E-state index in [1.807, 2.05) is 50.2 Å². The van der Waals surface area contributed by atoms with Gasteiger partial charge in [-0.1, -0.05) is 49.6 Å². The average Bonchev–Trinajstić information content (AvgIpc) is 2.94. The van der Waals surface area contributed by atoms with Crippen molar-refractivity contribution in [3.05, 3.63) is 59.2 Å². The molecule has 2 aromatic rings. The number of hydrogen-bond donors (Lipinski definition) is 1. The van der Waals surface area contributed by atoms with E-state index in [1.165, 1.54) is 6.42 Å². The molecule has 7 nitrogen and oxygen atoms in total. The maximum atomic E-state index is 14.1. The Bertz CT molecular complexity index is 1160. The number of rotatable bonds is 5. The first-order valence-electron chi connectivity index (χ1n) is 13.3. The maximum absolute atomic E-state index is 14.1. The van der Waals surface area contributed by atoms with Crippen LogP contribution in [0.2, 0.25) is 0 Å². The Morgan fingerprint density at radius 1 is 1.00 bits per heavy atom. The van der Waals surface area contributed by atoms with Gasteiger partial charge in [-0.3, -0.25) is 9.59 Å². The van der Waals surface area contributed by atoms with Gasteiger partial charge < -0.3 is 19.9 Å². The summed E-state index contributed by atoms with van der Waals surface area (Å²) in [6.07, 6.45) is 4.90. The summed E-state index contributed by atoms with van der Waals surface area (Å²) in [4.78, 5) is 44.2. The number of Topliss-reactive ketones (excluding diaryl/α,β-unsaturated/α-hetero) is 1. The fourth-order valence-electron chi connectivity index (χ4n) is 5.35. The monoisotopic (exact) mass is 505 g/mol. The number of hydrogen-bond acceptors (Lipinski definition) is 5. The van der Waals surface area contributed by atoms with Crippen molar-refractivity contribution in [2.24, 2.45) is 0 Å². The number of benzene rings is 2. The van der Waals surface area contributed by atoms with Crippen LogP contribution < -0.4 is 15.1 Å². The number of carbonyl (C=O) groups is 3. The fourth-order valence-corrected chi connectivity index (χ4v) is 5.35. The van der Waals surface area contributed by atoms with Crippen LogP contribution in [0.1, 0.15) is 74.4 Å². The van der Waals surface area contributed by atoms with Gasteiger partial charge in [-0.15, -0.1) is 0 Å². The number of alkyl carbamates (subject to hydrolysis) is 1. The van der Waals surface area contributed by atoms with Crippen LogP contribution in [0, 0.1) is 13.8 Å². The molecule has 1 fully saturated rings. The molecule has 1 unspecified atom stereocenters. The zero-order chi connectivity index (χ0) is 26.7. The number of nitrogens with one attached hydrogen (secondary N) is 1. The maximum Gasteiger partial charge on any atom is 0.408 e. The van der Waals surface area contributed by atoms with E-state index < -0.39 is 17.7 Å². The number of carbonyl (C=O) groups excluding carboxylic acids is 3. The second-order valence-corrected chi connectivity index (χ2v) is 11.3. The van der Waals surface area contributed by atoms with E-state index in [9.17, 15) is 14.4 Å². The summed E-state index contributed by atoms with van der Waals surface area (Å²) in [6.45, 7) is 9.48. The van der Waals surface area contributed by atoms with E-state index in [4.69, 9.17) is 4.74 Å². The van der Waals surface area contributed by atoms with Gasteiger partial charge in [0.15, 0.2) is 5.78 Å². The van der Waals surface area contributed by atoms with Crippen molar-refractivity contribution in [3.8, 4) is 0 Å². The van der Waals surface area contributed by atoms with E-state index in [0.29, 0.717) is 17.8 Å². The zero-order valence-electron chi connectivity index (χ0n) is 22.7. The highest BCUT2D eigenvalue weighted by Crippen LogP contribution is 2.38. The normalized spacial score (nSPS) is 18.7. The lowest BCUT2D eigenvalue weighted by atomic mass is 9.93. The number of ketones is 1. The van der Waals surface area contributed by atoms with Crippen LogP contribution in [0.15, 0.2) is 42.5 Å². The molecule has 1 aliphatic carbocycles. The first kappa shape index (κ1) is 26.7. The smallest absolute Gasteiger partial charge is 0.408 e. The lowest BCUT2D eigenvalue weighted by molar-refractivity contribution is -0.120.